The second-order valence-electron chi connectivity index (χ2n) is 4.86. The Hall–Kier alpha value is -2.09. The summed E-state index contributed by atoms with van der Waals surface area (Å²) in [6, 6.07) is 12.3. The summed E-state index contributed by atoms with van der Waals surface area (Å²) in [6.07, 6.45) is 0. The zero-order valence-electron chi connectivity index (χ0n) is 13.0. The van der Waals surface area contributed by atoms with Gasteiger partial charge in [0.2, 0.25) is 0 Å². The predicted molar refractivity (Wildman–Crippen MR) is 92.9 cm³/mol. The van der Waals surface area contributed by atoms with E-state index in [1.165, 1.54) is 31.4 Å². The zero-order valence-corrected chi connectivity index (χ0v) is 14.5. The van der Waals surface area contributed by atoms with Gasteiger partial charge in [0.25, 0.3) is 15.9 Å². The molecule has 6 nitrogen and oxygen atoms in total. The Morgan fingerprint density at radius 3 is 2.62 bits per heavy atom. The topological polar surface area (TPSA) is 84.5 Å². The highest BCUT2D eigenvalue weighted by Crippen LogP contribution is 2.24. The number of ether oxygens (including phenoxy) is 1. The van der Waals surface area contributed by atoms with Gasteiger partial charge in [-0.25, -0.2) is 8.42 Å². The van der Waals surface area contributed by atoms with Crippen LogP contribution in [0, 0.1) is 0 Å². The van der Waals surface area contributed by atoms with Gasteiger partial charge in [-0.3, -0.25) is 9.52 Å². The molecule has 1 amide bonds. The number of nitrogens with one attached hydrogen (secondary N) is 2. The maximum Gasteiger partial charge on any atom is 0.261 e. The third-order valence-corrected chi connectivity index (χ3v) is 4.81. The van der Waals surface area contributed by atoms with E-state index in [4.69, 9.17) is 16.3 Å². The fourth-order valence-electron chi connectivity index (χ4n) is 1.92. The largest absolute Gasteiger partial charge is 0.383 e. The van der Waals surface area contributed by atoms with Crippen molar-refractivity contribution in [2.45, 2.75) is 4.90 Å². The van der Waals surface area contributed by atoms with E-state index in [0.29, 0.717) is 13.2 Å². The fourth-order valence-corrected chi connectivity index (χ4v) is 3.29. The normalized spacial score (nSPS) is 11.1. The first kappa shape index (κ1) is 18.3. The van der Waals surface area contributed by atoms with Gasteiger partial charge in [-0.1, -0.05) is 29.8 Å². The van der Waals surface area contributed by atoms with Crippen molar-refractivity contribution in [1.29, 1.82) is 0 Å². The lowest BCUT2D eigenvalue weighted by Gasteiger charge is -2.11. The average molecular weight is 369 g/mol. The second kappa shape index (κ2) is 8.14. The van der Waals surface area contributed by atoms with Crippen LogP contribution in [0.2, 0.25) is 5.02 Å². The fraction of sp³-hybridized carbons (Fsp3) is 0.188. The van der Waals surface area contributed by atoms with Crippen LogP contribution in [0.25, 0.3) is 0 Å². The van der Waals surface area contributed by atoms with Crippen LogP contribution in [0.15, 0.2) is 53.4 Å². The van der Waals surface area contributed by atoms with Gasteiger partial charge in [-0.05, 0) is 30.3 Å². The van der Waals surface area contributed by atoms with Gasteiger partial charge in [0.05, 0.1) is 22.2 Å². The van der Waals surface area contributed by atoms with Crippen molar-refractivity contribution in [3.8, 4) is 0 Å². The Bertz CT molecular complexity index is 824. The maximum absolute atomic E-state index is 12.5. The van der Waals surface area contributed by atoms with E-state index < -0.39 is 10.0 Å². The smallest absolute Gasteiger partial charge is 0.261 e. The quantitative estimate of drug-likeness (QED) is 0.735. The lowest BCUT2D eigenvalue weighted by molar-refractivity contribution is 0.0937. The van der Waals surface area contributed by atoms with Crippen LogP contribution >= 0.6 is 11.6 Å². The number of hydrogen-bond donors (Lipinski definition) is 2. The summed E-state index contributed by atoms with van der Waals surface area (Å²) in [4.78, 5) is 12.0. The molecule has 2 aromatic rings. The second-order valence-corrected chi connectivity index (χ2v) is 6.95. The Morgan fingerprint density at radius 2 is 1.92 bits per heavy atom. The summed E-state index contributed by atoms with van der Waals surface area (Å²) in [5, 5.41) is 2.92. The van der Waals surface area contributed by atoms with E-state index in [-0.39, 0.29) is 27.1 Å². The third-order valence-electron chi connectivity index (χ3n) is 3.12. The molecule has 24 heavy (non-hydrogen) atoms. The molecule has 0 radical (unpaired) electrons. The molecule has 8 heteroatoms. The minimum atomic E-state index is -3.86. The van der Waals surface area contributed by atoms with E-state index >= 15 is 0 Å². The standard InChI is InChI=1S/C16H17ClN2O4S/c1-23-10-9-18-16(20)12-5-4-6-13(11-12)24(21,22)19-15-8-3-2-7-14(15)17/h2-8,11,19H,9-10H2,1H3,(H,18,20). The molecule has 0 aliphatic rings. The van der Waals surface area contributed by atoms with Crippen LogP contribution in [0.1, 0.15) is 10.4 Å². The van der Waals surface area contributed by atoms with Crippen LogP contribution in [0.3, 0.4) is 0 Å². The number of carbonyl (C=O) groups excluding carboxylic acids is 1. The number of methoxy groups -OCH3 is 1. The van der Waals surface area contributed by atoms with Gasteiger partial charge in [0, 0.05) is 19.2 Å². The molecular formula is C16H17ClN2O4S. The Kier molecular flexibility index (Phi) is 6.19. The van der Waals surface area contributed by atoms with E-state index in [9.17, 15) is 13.2 Å². The molecule has 128 valence electrons. The Balaban J connectivity index is 2.20. The molecule has 0 atom stereocenters. The number of carbonyl (C=O) groups is 1. The van der Waals surface area contributed by atoms with Crippen molar-refractivity contribution >= 4 is 33.2 Å². The number of rotatable bonds is 7. The zero-order chi connectivity index (χ0) is 17.6. The summed E-state index contributed by atoms with van der Waals surface area (Å²) < 4.78 is 32.2. The molecular weight excluding hydrogens is 352 g/mol. The number of benzene rings is 2. The number of halogens is 1. The van der Waals surface area contributed by atoms with Crippen LogP contribution in [-0.2, 0) is 14.8 Å². The van der Waals surface area contributed by atoms with Crippen LogP contribution in [-0.4, -0.2) is 34.6 Å². The Labute approximate surface area is 145 Å². The average Bonchev–Trinajstić information content (AvgIpc) is 2.57. The van der Waals surface area contributed by atoms with Crippen molar-refractivity contribution in [2.24, 2.45) is 0 Å². The molecule has 0 saturated carbocycles. The first-order valence-electron chi connectivity index (χ1n) is 7.08. The number of amides is 1. The van der Waals surface area contributed by atoms with E-state index in [1.54, 1.807) is 24.3 Å². The van der Waals surface area contributed by atoms with Crippen molar-refractivity contribution < 1.29 is 17.9 Å². The van der Waals surface area contributed by atoms with Gasteiger partial charge < -0.3 is 10.1 Å². The van der Waals surface area contributed by atoms with Gasteiger partial charge in [0.1, 0.15) is 0 Å². The summed E-state index contributed by atoms with van der Waals surface area (Å²) >= 11 is 5.97. The highest BCUT2D eigenvalue weighted by Gasteiger charge is 2.17. The molecule has 0 aliphatic carbocycles. The van der Waals surface area contributed by atoms with E-state index in [1.807, 2.05) is 0 Å². The first-order chi connectivity index (χ1) is 11.4. The monoisotopic (exact) mass is 368 g/mol. The van der Waals surface area contributed by atoms with Gasteiger partial charge in [-0.15, -0.1) is 0 Å². The van der Waals surface area contributed by atoms with Crippen LogP contribution < -0.4 is 10.0 Å². The van der Waals surface area contributed by atoms with Crippen molar-refractivity contribution in [3.63, 3.8) is 0 Å². The minimum Gasteiger partial charge on any atom is -0.383 e. The van der Waals surface area contributed by atoms with Crippen molar-refractivity contribution in [1.82, 2.24) is 5.32 Å². The molecule has 0 aromatic heterocycles. The lowest BCUT2D eigenvalue weighted by atomic mass is 10.2. The summed E-state index contributed by atoms with van der Waals surface area (Å²) in [5.41, 5.74) is 0.516. The minimum absolute atomic E-state index is 0.0261. The number of para-hydroxylation sites is 1. The number of hydrogen-bond acceptors (Lipinski definition) is 4. The lowest BCUT2D eigenvalue weighted by Crippen LogP contribution is -2.27. The summed E-state index contributed by atoms with van der Waals surface area (Å²) in [5.74, 6) is -0.373. The molecule has 0 spiro atoms. The van der Waals surface area contributed by atoms with E-state index in [2.05, 4.69) is 10.0 Å². The maximum atomic E-state index is 12.5. The highest BCUT2D eigenvalue weighted by atomic mass is 35.5. The molecule has 0 heterocycles. The molecule has 2 N–H and O–H groups in total. The number of anilines is 1. The van der Waals surface area contributed by atoms with Gasteiger partial charge in [0.15, 0.2) is 0 Å². The molecule has 0 unspecified atom stereocenters. The molecule has 0 fully saturated rings. The summed E-state index contributed by atoms with van der Waals surface area (Å²) in [6.45, 7) is 0.710. The van der Waals surface area contributed by atoms with Gasteiger partial charge >= 0.3 is 0 Å². The van der Waals surface area contributed by atoms with Crippen molar-refractivity contribution in [2.75, 3.05) is 25.0 Å². The third kappa shape index (κ3) is 4.70. The SMILES string of the molecule is COCCNC(=O)c1cccc(S(=O)(=O)Nc2ccccc2Cl)c1. The van der Waals surface area contributed by atoms with Crippen LogP contribution in [0.5, 0.6) is 0 Å². The first-order valence-corrected chi connectivity index (χ1v) is 8.95. The molecule has 0 aliphatic heterocycles. The van der Waals surface area contributed by atoms with Crippen molar-refractivity contribution in [3.05, 3.63) is 59.1 Å². The number of sulfonamides is 1. The highest BCUT2D eigenvalue weighted by molar-refractivity contribution is 7.92. The van der Waals surface area contributed by atoms with Crippen LogP contribution in [0.4, 0.5) is 5.69 Å². The molecule has 0 bridgehead atoms. The molecule has 0 saturated heterocycles. The molecule has 2 aromatic carbocycles. The predicted octanol–water partition coefficient (Wildman–Crippen LogP) is 2.52. The Morgan fingerprint density at radius 1 is 1.17 bits per heavy atom. The van der Waals surface area contributed by atoms with Gasteiger partial charge in [-0.2, -0.15) is 0 Å². The van der Waals surface area contributed by atoms with E-state index in [0.717, 1.165) is 0 Å². The summed E-state index contributed by atoms with van der Waals surface area (Å²) in [7, 11) is -2.33. The molecule has 2 rings (SSSR count).